The second-order valence-corrected chi connectivity index (χ2v) is 6.70. The Kier molecular flexibility index (Phi) is 9.71. The Morgan fingerprint density at radius 1 is 1.27 bits per heavy atom. The fraction of sp³-hybridized carbons (Fsp3) is 0.333. The molecule has 26 heavy (non-hydrogen) atoms. The van der Waals surface area contributed by atoms with Gasteiger partial charge in [-0.2, -0.15) is 0 Å². The first-order valence-corrected chi connectivity index (χ1v) is 8.82. The molecule has 0 aliphatic carbocycles. The van der Waals surface area contributed by atoms with Crippen molar-refractivity contribution in [2.45, 2.75) is 13.1 Å². The van der Waals surface area contributed by atoms with Gasteiger partial charge in [-0.1, -0.05) is 30.3 Å². The molecule has 0 fully saturated rings. The van der Waals surface area contributed by atoms with Crippen LogP contribution in [-0.2, 0) is 24.9 Å². The van der Waals surface area contributed by atoms with Crippen LogP contribution in [0.5, 0.6) is 0 Å². The molecule has 0 unspecified atom stereocenters. The molecule has 8 heteroatoms. The van der Waals surface area contributed by atoms with Gasteiger partial charge in [0.1, 0.15) is 0 Å². The van der Waals surface area contributed by atoms with Crippen molar-refractivity contribution < 1.29 is 4.79 Å². The number of rotatable bonds is 6. The van der Waals surface area contributed by atoms with E-state index < -0.39 is 0 Å². The number of guanidine groups is 1. The summed E-state index contributed by atoms with van der Waals surface area (Å²) in [5.41, 5.74) is 2.22. The number of aliphatic imine (C=N–C) groups is 1. The van der Waals surface area contributed by atoms with Crippen molar-refractivity contribution in [1.82, 2.24) is 20.1 Å². The molecule has 1 heterocycles. The van der Waals surface area contributed by atoms with Crippen LogP contribution in [0.3, 0.4) is 0 Å². The lowest BCUT2D eigenvalue weighted by Crippen LogP contribution is -2.43. The summed E-state index contributed by atoms with van der Waals surface area (Å²) in [5, 5.41) is 5.99. The van der Waals surface area contributed by atoms with Gasteiger partial charge in [-0.15, -0.1) is 24.0 Å². The van der Waals surface area contributed by atoms with Crippen molar-refractivity contribution in [3.8, 4) is 0 Å². The Hall–Kier alpha value is -1.55. The van der Waals surface area contributed by atoms with E-state index in [2.05, 4.69) is 42.2 Å². The van der Waals surface area contributed by atoms with Gasteiger partial charge in [0.15, 0.2) is 5.96 Å². The van der Waals surface area contributed by atoms with E-state index >= 15 is 0 Å². The summed E-state index contributed by atoms with van der Waals surface area (Å²) < 4.78 is 3.10. The van der Waals surface area contributed by atoms with E-state index in [9.17, 15) is 4.79 Å². The molecule has 1 amide bonds. The molecule has 0 atom stereocenters. The number of aromatic nitrogens is 1. The quantitative estimate of drug-likeness (QED) is 0.341. The minimum atomic E-state index is -0.0694. The van der Waals surface area contributed by atoms with Gasteiger partial charge in [-0.25, -0.2) is 0 Å². The molecular weight excluding hydrogens is 509 g/mol. The summed E-state index contributed by atoms with van der Waals surface area (Å²) in [6.45, 7) is 1.39. The normalized spacial score (nSPS) is 10.8. The Bertz CT molecular complexity index is 732. The van der Waals surface area contributed by atoms with Crippen LogP contribution in [0.25, 0.3) is 0 Å². The summed E-state index contributed by atoms with van der Waals surface area (Å²) in [4.78, 5) is 18.2. The first-order valence-electron chi connectivity index (χ1n) is 8.02. The van der Waals surface area contributed by atoms with Crippen LogP contribution in [0.1, 0.15) is 11.3 Å². The average Bonchev–Trinajstić information content (AvgIpc) is 2.91. The standard InChI is InChI=1S/C18H24BrN5O.HI/c1-20-18(24(3)13-16-9-15(19)12-23(16)2)22-11-17(25)21-10-14-7-5-4-6-8-14;/h4-9,12H,10-11,13H2,1-3H3,(H,20,22)(H,21,25);1H. The van der Waals surface area contributed by atoms with Gasteiger partial charge in [-0.05, 0) is 27.6 Å². The number of hydrogen-bond acceptors (Lipinski definition) is 2. The van der Waals surface area contributed by atoms with Crippen molar-refractivity contribution in [2.75, 3.05) is 20.6 Å². The van der Waals surface area contributed by atoms with E-state index in [-0.39, 0.29) is 36.4 Å². The predicted molar refractivity (Wildman–Crippen MR) is 120 cm³/mol. The number of amides is 1. The number of nitrogens with zero attached hydrogens (tertiary/aromatic N) is 3. The number of carbonyl (C=O) groups excluding carboxylic acids is 1. The average molecular weight is 534 g/mol. The van der Waals surface area contributed by atoms with Gasteiger partial charge < -0.3 is 20.1 Å². The first kappa shape index (κ1) is 22.5. The van der Waals surface area contributed by atoms with E-state index in [0.29, 0.717) is 19.0 Å². The largest absolute Gasteiger partial charge is 0.352 e. The van der Waals surface area contributed by atoms with E-state index in [4.69, 9.17) is 0 Å². The smallest absolute Gasteiger partial charge is 0.239 e. The van der Waals surface area contributed by atoms with E-state index in [0.717, 1.165) is 15.7 Å². The first-order chi connectivity index (χ1) is 12.0. The third-order valence-corrected chi connectivity index (χ3v) is 4.22. The van der Waals surface area contributed by atoms with Gasteiger partial charge in [-0.3, -0.25) is 9.79 Å². The molecule has 1 aromatic carbocycles. The fourth-order valence-electron chi connectivity index (χ4n) is 2.44. The maximum Gasteiger partial charge on any atom is 0.239 e. The lowest BCUT2D eigenvalue weighted by Gasteiger charge is -2.22. The molecule has 142 valence electrons. The van der Waals surface area contributed by atoms with Crippen LogP contribution < -0.4 is 10.6 Å². The zero-order valence-electron chi connectivity index (χ0n) is 15.2. The predicted octanol–water partition coefficient (Wildman–Crippen LogP) is 2.73. The van der Waals surface area contributed by atoms with Crippen LogP contribution >= 0.6 is 39.9 Å². The second kappa shape index (κ2) is 11.2. The number of hydrogen-bond donors (Lipinski definition) is 2. The maximum atomic E-state index is 12.0. The molecule has 0 aliphatic heterocycles. The van der Waals surface area contributed by atoms with Crippen molar-refractivity contribution >= 4 is 51.8 Å². The Morgan fingerprint density at radius 3 is 2.54 bits per heavy atom. The minimum Gasteiger partial charge on any atom is -0.352 e. The summed E-state index contributed by atoms with van der Waals surface area (Å²) in [7, 11) is 5.65. The zero-order valence-corrected chi connectivity index (χ0v) is 19.1. The number of benzene rings is 1. The summed E-state index contributed by atoms with van der Waals surface area (Å²) in [6, 6.07) is 11.9. The molecular formula is C18H25BrIN5O. The molecule has 0 saturated heterocycles. The number of nitrogens with one attached hydrogen (secondary N) is 2. The molecule has 1 aromatic heterocycles. The third kappa shape index (κ3) is 6.99. The van der Waals surface area contributed by atoms with Crippen molar-refractivity contribution in [2.24, 2.45) is 12.0 Å². The number of halogens is 2. The SMILES string of the molecule is CN=C(NCC(=O)NCc1ccccc1)N(C)Cc1cc(Br)cn1C.I. The van der Waals surface area contributed by atoms with Gasteiger partial charge in [0, 0.05) is 44.1 Å². The lowest BCUT2D eigenvalue weighted by atomic mass is 10.2. The van der Waals surface area contributed by atoms with Gasteiger partial charge in [0.05, 0.1) is 13.1 Å². The third-order valence-electron chi connectivity index (χ3n) is 3.79. The van der Waals surface area contributed by atoms with E-state index in [1.807, 2.05) is 55.5 Å². The van der Waals surface area contributed by atoms with Crippen molar-refractivity contribution in [3.05, 3.63) is 58.3 Å². The molecule has 0 bridgehead atoms. The molecule has 2 rings (SSSR count). The summed E-state index contributed by atoms with van der Waals surface area (Å²) >= 11 is 3.48. The second-order valence-electron chi connectivity index (χ2n) is 5.78. The Balaban J connectivity index is 0.00000338. The van der Waals surface area contributed by atoms with Crippen LogP contribution in [0.2, 0.25) is 0 Å². The van der Waals surface area contributed by atoms with Gasteiger partial charge in [0.25, 0.3) is 0 Å². The minimum absolute atomic E-state index is 0. The van der Waals surface area contributed by atoms with Crippen molar-refractivity contribution in [1.29, 1.82) is 0 Å². The Labute approximate surface area is 180 Å². The number of carbonyl (C=O) groups is 1. The van der Waals surface area contributed by atoms with Crippen LogP contribution in [0.4, 0.5) is 0 Å². The highest BCUT2D eigenvalue weighted by molar-refractivity contribution is 14.0. The summed E-state index contributed by atoms with van der Waals surface area (Å²) in [5.74, 6) is 0.604. The molecule has 0 spiro atoms. The van der Waals surface area contributed by atoms with Crippen molar-refractivity contribution in [3.63, 3.8) is 0 Å². The molecule has 2 aromatic rings. The lowest BCUT2D eigenvalue weighted by molar-refractivity contribution is -0.120. The van der Waals surface area contributed by atoms with Crippen LogP contribution in [-0.4, -0.2) is 42.0 Å². The topological polar surface area (TPSA) is 61.7 Å². The number of aryl methyl sites for hydroxylation is 1. The van der Waals surface area contributed by atoms with Crippen LogP contribution in [0.15, 0.2) is 52.1 Å². The fourth-order valence-corrected chi connectivity index (χ4v) is 3.02. The molecule has 6 nitrogen and oxygen atoms in total. The Morgan fingerprint density at radius 2 is 1.96 bits per heavy atom. The molecule has 0 saturated carbocycles. The zero-order chi connectivity index (χ0) is 18.2. The summed E-state index contributed by atoms with van der Waals surface area (Å²) in [6.07, 6.45) is 2.01. The van der Waals surface area contributed by atoms with Crippen LogP contribution in [0, 0.1) is 0 Å². The van der Waals surface area contributed by atoms with E-state index in [1.54, 1.807) is 7.05 Å². The molecule has 0 aliphatic rings. The van der Waals surface area contributed by atoms with Gasteiger partial charge >= 0.3 is 0 Å². The molecule has 0 radical (unpaired) electrons. The van der Waals surface area contributed by atoms with E-state index in [1.165, 1.54) is 0 Å². The monoisotopic (exact) mass is 533 g/mol. The highest BCUT2D eigenvalue weighted by Gasteiger charge is 2.11. The highest BCUT2D eigenvalue weighted by Crippen LogP contribution is 2.14. The highest BCUT2D eigenvalue weighted by atomic mass is 127. The molecule has 2 N–H and O–H groups in total. The maximum absolute atomic E-state index is 12.0. The van der Waals surface area contributed by atoms with Gasteiger partial charge in [0.2, 0.25) is 5.91 Å².